The van der Waals surface area contributed by atoms with Gasteiger partial charge in [-0.25, -0.2) is 4.98 Å². The molecule has 1 aromatic rings. The summed E-state index contributed by atoms with van der Waals surface area (Å²) in [7, 11) is 6.18. The van der Waals surface area contributed by atoms with E-state index in [1.54, 1.807) is 0 Å². The van der Waals surface area contributed by atoms with Crippen LogP contribution in [-0.4, -0.2) is 48.2 Å². The lowest BCUT2D eigenvalue weighted by atomic mass is 9.73. The summed E-state index contributed by atoms with van der Waals surface area (Å²) in [4.78, 5) is 8.92. The second-order valence-electron chi connectivity index (χ2n) is 6.64. The fraction of sp³-hybridized carbons (Fsp3) is 0.688. The van der Waals surface area contributed by atoms with Gasteiger partial charge in [-0.1, -0.05) is 12.5 Å². The van der Waals surface area contributed by atoms with Crippen LogP contribution in [-0.2, 0) is 5.60 Å². The van der Waals surface area contributed by atoms with Crippen LogP contribution >= 0.6 is 0 Å². The summed E-state index contributed by atoms with van der Waals surface area (Å²) in [6.45, 7) is 0. The minimum Gasteiger partial charge on any atom is -0.385 e. The SMILES string of the molecule is CN(C)c1ccc(C2(O)CC3CCCC(C2)N3C)cn1. The summed E-state index contributed by atoms with van der Waals surface area (Å²) in [5.74, 6) is 0.936. The van der Waals surface area contributed by atoms with Crippen LogP contribution in [0.2, 0.25) is 0 Å². The standard InChI is InChI=1S/C16H25N3O/c1-18(2)15-8-7-12(11-17-15)16(20)9-13-5-4-6-14(10-16)19(13)3/h7-8,11,13-14,20H,4-6,9-10H2,1-3H3. The van der Waals surface area contributed by atoms with Crippen molar-refractivity contribution in [2.75, 3.05) is 26.0 Å². The summed E-state index contributed by atoms with van der Waals surface area (Å²) in [5.41, 5.74) is 0.285. The normalized spacial score (nSPS) is 34.0. The maximum absolute atomic E-state index is 11.1. The second-order valence-corrected chi connectivity index (χ2v) is 6.64. The Hall–Kier alpha value is -1.13. The monoisotopic (exact) mass is 275 g/mol. The van der Waals surface area contributed by atoms with E-state index in [1.807, 2.05) is 37.3 Å². The minimum atomic E-state index is -0.694. The van der Waals surface area contributed by atoms with Crippen LogP contribution in [0.1, 0.15) is 37.7 Å². The van der Waals surface area contributed by atoms with Gasteiger partial charge in [0.1, 0.15) is 5.82 Å². The molecule has 20 heavy (non-hydrogen) atoms. The van der Waals surface area contributed by atoms with E-state index in [1.165, 1.54) is 19.3 Å². The maximum atomic E-state index is 11.1. The first-order valence-corrected chi connectivity index (χ1v) is 7.58. The Morgan fingerprint density at radius 3 is 2.40 bits per heavy atom. The molecule has 0 amide bonds. The molecule has 0 spiro atoms. The van der Waals surface area contributed by atoms with Crippen LogP contribution in [0, 0.1) is 0 Å². The molecular formula is C16H25N3O. The van der Waals surface area contributed by atoms with Crippen molar-refractivity contribution in [3.8, 4) is 0 Å². The highest BCUT2D eigenvalue weighted by molar-refractivity contribution is 5.38. The Balaban J connectivity index is 1.85. The van der Waals surface area contributed by atoms with E-state index < -0.39 is 5.60 Å². The van der Waals surface area contributed by atoms with Crippen LogP contribution in [0.25, 0.3) is 0 Å². The molecule has 0 saturated carbocycles. The van der Waals surface area contributed by atoms with Crippen molar-refractivity contribution < 1.29 is 5.11 Å². The molecule has 2 fully saturated rings. The fourth-order valence-corrected chi connectivity index (χ4v) is 3.81. The molecule has 4 heteroatoms. The van der Waals surface area contributed by atoms with Crippen LogP contribution in [0.4, 0.5) is 5.82 Å². The summed E-state index contributed by atoms with van der Waals surface area (Å²) >= 11 is 0. The van der Waals surface area contributed by atoms with Crippen LogP contribution in [0.5, 0.6) is 0 Å². The van der Waals surface area contributed by atoms with Gasteiger partial charge in [0.05, 0.1) is 5.60 Å². The number of piperidine rings is 2. The number of nitrogens with zero attached hydrogens (tertiary/aromatic N) is 3. The van der Waals surface area contributed by atoms with Crippen molar-refractivity contribution in [3.63, 3.8) is 0 Å². The molecule has 4 nitrogen and oxygen atoms in total. The zero-order chi connectivity index (χ0) is 14.3. The molecule has 2 unspecified atom stereocenters. The van der Waals surface area contributed by atoms with E-state index in [4.69, 9.17) is 0 Å². The van der Waals surface area contributed by atoms with E-state index in [0.717, 1.165) is 24.2 Å². The second kappa shape index (κ2) is 5.01. The lowest BCUT2D eigenvalue weighted by molar-refractivity contribution is -0.0876. The van der Waals surface area contributed by atoms with Crippen molar-refractivity contribution in [3.05, 3.63) is 23.9 Å². The summed E-state index contributed by atoms with van der Waals surface area (Å²) in [5, 5.41) is 11.1. The van der Waals surface area contributed by atoms with Gasteiger partial charge in [-0.3, -0.25) is 0 Å². The van der Waals surface area contributed by atoms with Gasteiger partial charge in [-0.2, -0.15) is 0 Å². The first-order valence-electron chi connectivity index (χ1n) is 7.58. The first-order chi connectivity index (χ1) is 9.49. The first kappa shape index (κ1) is 13.8. The molecule has 0 radical (unpaired) electrons. The predicted molar refractivity (Wildman–Crippen MR) is 80.9 cm³/mol. The molecule has 2 atom stereocenters. The Kier molecular flexibility index (Phi) is 3.46. The molecule has 2 saturated heterocycles. The largest absolute Gasteiger partial charge is 0.385 e. The average Bonchev–Trinajstić information content (AvgIpc) is 2.41. The van der Waals surface area contributed by atoms with Gasteiger partial charge < -0.3 is 14.9 Å². The molecule has 1 N–H and O–H groups in total. The highest BCUT2D eigenvalue weighted by Gasteiger charge is 2.44. The van der Waals surface area contributed by atoms with Crippen LogP contribution in [0.15, 0.2) is 18.3 Å². The number of hydrogen-bond donors (Lipinski definition) is 1. The quantitative estimate of drug-likeness (QED) is 0.896. The van der Waals surface area contributed by atoms with E-state index in [0.29, 0.717) is 12.1 Å². The van der Waals surface area contributed by atoms with Crippen molar-refractivity contribution in [1.82, 2.24) is 9.88 Å². The Morgan fingerprint density at radius 1 is 1.25 bits per heavy atom. The number of rotatable bonds is 2. The molecule has 2 bridgehead atoms. The molecule has 0 aliphatic carbocycles. The van der Waals surface area contributed by atoms with Gasteiger partial charge >= 0.3 is 0 Å². The predicted octanol–water partition coefficient (Wildman–Crippen LogP) is 1.98. The third kappa shape index (κ3) is 2.31. The van der Waals surface area contributed by atoms with Crippen molar-refractivity contribution >= 4 is 5.82 Å². The average molecular weight is 275 g/mol. The topological polar surface area (TPSA) is 39.6 Å². The highest BCUT2D eigenvalue weighted by Crippen LogP contribution is 2.43. The lowest BCUT2D eigenvalue weighted by Crippen LogP contribution is -2.55. The fourth-order valence-electron chi connectivity index (χ4n) is 3.81. The number of fused-ring (bicyclic) bond motifs is 2. The van der Waals surface area contributed by atoms with Crippen molar-refractivity contribution in [2.24, 2.45) is 0 Å². The van der Waals surface area contributed by atoms with E-state index in [2.05, 4.69) is 16.9 Å². The zero-order valence-corrected chi connectivity index (χ0v) is 12.7. The number of hydrogen-bond acceptors (Lipinski definition) is 4. The van der Waals surface area contributed by atoms with E-state index in [9.17, 15) is 5.11 Å². The van der Waals surface area contributed by atoms with E-state index >= 15 is 0 Å². The third-order valence-electron chi connectivity index (χ3n) is 5.12. The van der Waals surface area contributed by atoms with Crippen LogP contribution < -0.4 is 4.90 Å². The number of aromatic nitrogens is 1. The van der Waals surface area contributed by atoms with Crippen molar-refractivity contribution in [2.45, 2.75) is 49.8 Å². The van der Waals surface area contributed by atoms with Crippen molar-refractivity contribution in [1.29, 1.82) is 0 Å². The van der Waals surface area contributed by atoms with Gasteiger partial charge in [-0.05, 0) is 38.8 Å². The molecule has 0 aromatic carbocycles. The smallest absolute Gasteiger partial charge is 0.127 e. The van der Waals surface area contributed by atoms with E-state index in [-0.39, 0.29) is 0 Å². The van der Waals surface area contributed by atoms with Gasteiger partial charge in [0.15, 0.2) is 0 Å². The number of anilines is 1. The minimum absolute atomic E-state index is 0.515. The molecular weight excluding hydrogens is 250 g/mol. The molecule has 1 aromatic heterocycles. The van der Waals surface area contributed by atoms with Gasteiger partial charge in [0.25, 0.3) is 0 Å². The summed E-state index contributed by atoms with van der Waals surface area (Å²) in [6.07, 6.45) is 7.24. The molecule has 3 heterocycles. The molecule has 2 aliphatic rings. The zero-order valence-electron chi connectivity index (χ0n) is 12.7. The summed E-state index contributed by atoms with van der Waals surface area (Å²) < 4.78 is 0. The lowest BCUT2D eigenvalue weighted by Gasteiger charge is -2.50. The molecule has 3 rings (SSSR count). The third-order valence-corrected chi connectivity index (χ3v) is 5.12. The van der Waals surface area contributed by atoms with Gasteiger partial charge in [0.2, 0.25) is 0 Å². The number of pyridine rings is 1. The van der Waals surface area contributed by atoms with Crippen LogP contribution in [0.3, 0.4) is 0 Å². The Labute approximate surface area is 121 Å². The Bertz CT molecular complexity index is 457. The highest BCUT2D eigenvalue weighted by atomic mass is 16.3. The molecule has 110 valence electrons. The maximum Gasteiger partial charge on any atom is 0.127 e. The summed E-state index contributed by atoms with van der Waals surface area (Å²) in [6, 6.07) is 5.08. The Morgan fingerprint density at radius 2 is 1.90 bits per heavy atom. The van der Waals surface area contributed by atoms with Gasteiger partial charge in [0, 0.05) is 37.9 Å². The molecule has 2 aliphatic heterocycles. The van der Waals surface area contributed by atoms with Gasteiger partial charge in [-0.15, -0.1) is 0 Å². The number of aliphatic hydroxyl groups is 1.